The molecule has 0 radical (unpaired) electrons. The van der Waals surface area contributed by atoms with E-state index in [0.29, 0.717) is 41.2 Å². The first-order valence-corrected chi connectivity index (χ1v) is 41.3. The predicted molar refractivity (Wildman–Crippen MR) is 440 cm³/mol. The average molecular weight is 1640 g/mol. The van der Waals surface area contributed by atoms with Crippen LogP contribution in [0.5, 0.6) is 17.2 Å². The van der Waals surface area contributed by atoms with Crippen molar-refractivity contribution in [3.63, 3.8) is 0 Å². The van der Waals surface area contributed by atoms with Gasteiger partial charge in [0.05, 0.1) is 65.8 Å². The molecule has 2 saturated heterocycles. The Labute approximate surface area is 681 Å². The molecule has 9 aromatic rings. The van der Waals surface area contributed by atoms with Gasteiger partial charge in [-0.2, -0.15) is 4.98 Å². The van der Waals surface area contributed by atoms with E-state index in [-0.39, 0.29) is 106 Å². The normalized spacial score (nSPS) is 17.6. The highest BCUT2D eigenvalue weighted by Gasteiger charge is 2.47. The monoisotopic (exact) mass is 1640 g/mol. The van der Waals surface area contributed by atoms with E-state index >= 15 is 0 Å². The molecule has 28 nitrogen and oxygen atoms in total. The lowest BCUT2D eigenvalue weighted by Gasteiger charge is -2.37. The summed E-state index contributed by atoms with van der Waals surface area (Å²) in [6.45, 7) is 14.5. The minimum atomic E-state index is -2.27. The molecule has 117 heavy (non-hydrogen) atoms. The molecule has 3 aliphatic rings. The molecule has 30 heteroatoms. The van der Waals surface area contributed by atoms with E-state index in [0.717, 1.165) is 45.4 Å². The molecule has 0 saturated carbocycles. The lowest BCUT2D eigenvalue weighted by Crippen LogP contribution is -2.38. The molecule has 2 fully saturated rings. The van der Waals surface area contributed by atoms with Gasteiger partial charge in [-0.1, -0.05) is 141 Å². The van der Waals surface area contributed by atoms with Crippen molar-refractivity contribution < 1.29 is 79.7 Å². The average Bonchev–Trinajstić information content (AvgIpc) is 1.74. The number of hydrogen-bond donors (Lipinski definition) is 3. The lowest BCUT2D eigenvalue weighted by atomic mass is 9.80. The summed E-state index contributed by atoms with van der Waals surface area (Å²) in [5.41, 5.74) is 5.50. The molecular weight excluding hydrogens is 1540 g/mol. The Morgan fingerprint density at radius 3 is 1.79 bits per heavy atom. The van der Waals surface area contributed by atoms with E-state index in [1.807, 2.05) is 129 Å². The molecule has 8 atom stereocenters. The number of likely N-dealkylation sites (N-methyl/N-ethyl adjacent to an activating group) is 1. The van der Waals surface area contributed by atoms with Crippen molar-refractivity contribution in [2.24, 2.45) is 0 Å². The first kappa shape index (κ1) is 86.0. The Morgan fingerprint density at radius 1 is 0.624 bits per heavy atom. The number of ether oxygens (including phenoxy) is 8. The number of aromatic amines is 1. The van der Waals surface area contributed by atoms with Crippen molar-refractivity contribution in [3.05, 3.63) is 276 Å². The Balaban J connectivity index is 0.672. The van der Waals surface area contributed by atoms with Crippen molar-refractivity contribution in [1.29, 1.82) is 0 Å². The highest BCUT2D eigenvalue weighted by molar-refractivity contribution is 7.44. The topological polar surface area (TPSA) is 309 Å². The van der Waals surface area contributed by atoms with E-state index < -0.39 is 94.7 Å². The van der Waals surface area contributed by atoms with Gasteiger partial charge in [-0.3, -0.25) is 28.5 Å². The number of methoxy groups -OCH3 is 2. The summed E-state index contributed by atoms with van der Waals surface area (Å²) in [6, 6.07) is 55.7. The summed E-state index contributed by atoms with van der Waals surface area (Å²) in [5, 5.41) is 5.62. The van der Waals surface area contributed by atoms with Crippen molar-refractivity contribution in [3.8, 4) is 28.4 Å². The van der Waals surface area contributed by atoms with Crippen LogP contribution in [-0.2, 0) is 69.7 Å². The van der Waals surface area contributed by atoms with Gasteiger partial charge in [0.1, 0.15) is 66.5 Å². The Kier molecular flexibility index (Phi) is 29.9. The third kappa shape index (κ3) is 21.5. The number of hydrogen-bond acceptors (Lipinski definition) is 22. The van der Waals surface area contributed by atoms with Crippen LogP contribution in [0, 0.1) is 6.92 Å². The zero-order valence-electron chi connectivity index (χ0n) is 67.2. The molecule has 3 N–H and O–H groups in total. The van der Waals surface area contributed by atoms with Crippen LogP contribution in [0.25, 0.3) is 11.1 Å². The highest BCUT2D eigenvalue weighted by Crippen LogP contribution is 2.53. The smallest absolute Gasteiger partial charge is 0.497 e. The molecule has 12 rings (SSSR count). The molecule has 2 aromatic heterocycles. The van der Waals surface area contributed by atoms with Crippen LogP contribution < -0.4 is 41.8 Å². The standard InChI is InChI=1S/C87H100N8O20P2/c1-11-45-108-116(95(56(3)4)57(5)6)114-73-49-79(113-76(73)55-110-117(109-46-12-2)115-74-50-80(94-52-58(7)81(97)91-84(94)100)112-75(74)54-107-87(62-20-14-13-15-21-62,63-32-38-65(103-9)39-33-63)64-34-40-66(104-10)41-35-64)93-43-42-77(90-83(93)99)89-82(98)61-30-26-60(27-31-61)51-88-78(96)48-59-28-36-67(37-29-59)111-86(102)105-47-44-92(8)85(101)106-53-72-70-24-18-16-22-68(70)69-23-17-19-25-71(69)72/h13-43,52,56-57,72-76,79-80H,11-12,44-51,53-55H2,1-10H3,(H,88,96)(H,91,97,100)(H,89,90,98,99)/t73?,74?,75-,76-,79-,80-,116?,117?/m1/s1. The number of aryl methyl sites for hydroxylation is 1. The van der Waals surface area contributed by atoms with Gasteiger partial charge in [-0.15, -0.1) is 0 Å². The molecule has 1 aliphatic carbocycles. The van der Waals surface area contributed by atoms with Gasteiger partial charge in [-0.05, 0) is 152 Å². The number of carbonyl (C=O) groups excluding carboxylic acids is 4. The fourth-order valence-electron chi connectivity index (χ4n) is 14.2. The van der Waals surface area contributed by atoms with E-state index in [1.165, 1.54) is 32.5 Å². The fourth-order valence-corrected chi connectivity index (χ4v) is 17.3. The van der Waals surface area contributed by atoms with Crippen LogP contribution in [0.3, 0.4) is 0 Å². The predicted octanol–water partition coefficient (Wildman–Crippen LogP) is 14.4. The van der Waals surface area contributed by atoms with Gasteiger partial charge in [0.25, 0.3) is 20.0 Å². The van der Waals surface area contributed by atoms with Crippen molar-refractivity contribution >= 4 is 47.0 Å². The quantitative estimate of drug-likeness (QED) is 0.0140. The molecule has 4 heterocycles. The molecule has 3 amide bonds. The molecule has 2 aliphatic heterocycles. The number of aromatic nitrogens is 4. The summed E-state index contributed by atoms with van der Waals surface area (Å²) in [4.78, 5) is 101. The Hall–Kier alpha value is -10.3. The molecule has 0 spiro atoms. The summed E-state index contributed by atoms with van der Waals surface area (Å²) in [5.74, 6) is 0.555. The first-order chi connectivity index (χ1) is 56.6. The number of benzene rings is 7. The van der Waals surface area contributed by atoms with Crippen molar-refractivity contribution in [1.82, 2.24) is 34.0 Å². The summed E-state index contributed by atoms with van der Waals surface area (Å²) >= 11 is 0. The maximum atomic E-state index is 14.2. The van der Waals surface area contributed by atoms with Gasteiger partial charge >= 0.3 is 32.2 Å². The number of amides is 3. The SMILES string of the molecule is CCCOP(OC[C@H]1O[C@@H](n2ccc(NC(=O)c3ccc(CNC(=O)Cc4ccc(OC(=O)OCCN(C)C(=O)OCC5c6ccccc6-c6ccccc65)cc4)cc3)nc2=O)CC1OP(OCCC)N(C(C)C)C(C)C)OC1C[C@H](n2cc(C)c(=O)[nH]c2=O)O[C@@H]1COC(c1ccccc1)(c1ccc(OC)cc1)c1ccc(OC)cc1. The number of anilines is 1. The number of carbonyl (C=O) groups is 4. The second-order valence-corrected chi connectivity index (χ2v) is 31.6. The molecule has 0 bridgehead atoms. The van der Waals surface area contributed by atoms with Crippen LogP contribution >= 0.6 is 17.1 Å². The summed E-state index contributed by atoms with van der Waals surface area (Å²) in [6.07, 6.45) is -2.21. The van der Waals surface area contributed by atoms with Crippen LogP contribution in [0.1, 0.15) is 140 Å². The van der Waals surface area contributed by atoms with Gasteiger partial charge in [0.2, 0.25) is 5.91 Å². The van der Waals surface area contributed by atoms with E-state index in [2.05, 4.69) is 65.1 Å². The minimum absolute atomic E-state index is 0.0102. The lowest BCUT2D eigenvalue weighted by molar-refractivity contribution is -0.120. The fraction of sp³-hybridized carbons (Fsp3) is 0.379. The number of nitrogens with one attached hydrogen (secondary N) is 3. The van der Waals surface area contributed by atoms with Crippen LogP contribution in [0.4, 0.5) is 15.4 Å². The summed E-state index contributed by atoms with van der Waals surface area (Å²) in [7, 11) is 0.783. The number of rotatable bonds is 38. The van der Waals surface area contributed by atoms with Gasteiger partial charge in [0.15, 0.2) is 0 Å². The number of fused-ring (bicyclic) bond motifs is 3. The highest BCUT2D eigenvalue weighted by atomic mass is 31.2. The van der Waals surface area contributed by atoms with E-state index in [9.17, 15) is 33.6 Å². The first-order valence-electron chi connectivity index (χ1n) is 39.1. The Bertz CT molecular complexity index is 4900. The zero-order valence-corrected chi connectivity index (χ0v) is 68.9. The molecule has 618 valence electrons. The third-order valence-electron chi connectivity index (χ3n) is 20.2. The third-order valence-corrected chi connectivity index (χ3v) is 23.5. The van der Waals surface area contributed by atoms with Crippen LogP contribution in [-0.4, -0.2) is 157 Å². The van der Waals surface area contributed by atoms with E-state index in [4.69, 9.17) is 60.5 Å². The second kappa shape index (κ2) is 40.7. The zero-order chi connectivity index (χ0) is 82.7. The van der Waals surface area contributed by atoms with Crippen molar-refractivity contribution in [2.75, 3.05) is 72.8 Å². The van der Waals surface area contributed by atoms with Crippen LogP contribution in [0.2, 0.25) is 0 Å². The van der Waals surface area contributed by atoms with Gasteiger partial charge < -0.3 is 76.0 Å². The maximum Gasteiger partial charge on any atom is 0.513 e. The second-order valence-electron chi connectivity index (χ2n) is 29.0. The Morgan fingerprint density at radius 2 is 1.19 bits per heavy atom. The summed E-state index contributed by atoms with van der Waals surface area (Å²) < 4.78 is 87.1. The maximum absolute atomic E-state index is 14.2. The van der Waals surface area contributed by atoms with Crippen LogP contribution in [0.15, 0.2) is 209 Å². The minimum Gasteiger partial charge on any atom is -0.497 e. The molecular formula is C87H100N8O20P2. The molecule has 7 aromatic carbocycles. The number of nitrogens with zero attached hydrogens (tertiary/aromatic N) is 5. The van der Waals surface area contributed by atoms with Crippen molar-refractivity contribution in [2.45, 2.75) is 148 Å². The molecule has 4 unspecified atom stereocenters. The van der Waals surface area contributed by atoms with Gasteiger partial charge in [0, 0.05) is 68.0 Å². The van der Waals surface area contributed by atoms with E-state index in [1.54, 1.807) is 76.7 Å². The largest absolute Gasteiger partial charge is 0.513 e. The van der Waals surface area contributed by atoms with Gasteiger partial charge in [-0.25, -0.2) is 23.8 Å². The number of H-pyrrole nitrogens is 1.